The van der Waals surface area contributed by atoms with Crippen LogP contribution in [0.3, 0.4) is 0 Å². The molecule has 1 aliphatic rings. The highest BCUT2D eigenvalue weighted by Gasteiger charge is 2.27. The average Bonchev–Trinajstić information content (AvgIpc) is 2.44. The van der Waals surface area contributed by atoms with Crippen LogP contribution in [0.4, 0.5) is 10.5 Å². The predicted octanol–water partition coefficient (Wildman–Crippen LogP) is 2.04. The number of hydrogen-bond donors (Lipinski definition) is 1. The van der Waals surface area contributed by atoms with E-state index in [1.54, 1.807) is 6.92 Å². The van der Waals surface area contributed by atoms with Gasteiger partial charge in [0.2, 0.25) is 0 Å². The lowest BCUT2D eigenvalue weighted by molar-refractivity contribution is 0.159. The molecule has 0 spiro atoms. The summed E-state index contributed by atoms with van der Waals surface area (Å²) in [7, 11) is 0. The fourth-order valence-electron chi connectivity index (χ4n) is 1.95. The summed E-state index contributed by atoms with van der Waals surface area (Å²) in [5, 5.41) is 8.79. The van der Waals surface area contributed by atoms with Crippen molar-refractivity contribution in [3.63, 3.8) is 0 Å². The van der Waals surface area contributed by atoms with Crippen molar-refractivity contribution in [1.29, 1.82) is 0 Å². The van der Waals surface area contributed by atoms with Gasteiger partial charge < -0.3 is 9.84 Å². The Bertz CT molecular complexity index is 554. The van der Waals surface area contributed by atoms with Gasteiger partial charge in [-0.25, -0.2) is 4.79 Å². The first-order chi connectivity index (χ1) is 9.27. The van der Waals surface area contributed by atoms with Crippen LogP contribution in [0.1, 0.15) is 12.5 Å². The van der Waals surface area contributed by atoms with Crippen LogP contribution in [0.25, 0.3) is 6.08 Å². The van der Waals surface area contributed by atoms with E-state index < -0.39 is 12.1 Å². The molecule has 0 saturated heterocycles. The van der Waals surface area contributed by atoms with E-state index in [0.717, 1.165) is 11.3 Å². The molecule has 1 heterocycles. The molecule has 0 bridgehead atoms. The molecule has 1 atom stereocenters. The third-order valence-electron chi connectivity index (χ3n) is 2.73. The van der Waals surface area contributed by atoms with E-state index in [9.17, 15) is 4.79 Å². The number of rotatable bonds is 1. The minimum absolute atomic E-state index is 0.233. The molecule has 98 valence electrons. The van der Waals surface area contributed by atoms with Gasteiger partial charge in [-0.3, -0.25) is 4.90 Å². The molecule has 1 N–H and O–H groups in total. The van der Waals surface area contributed by atoms with Crippen LogP contribution in [0.5, 0.6) is 0 Å². The number of nitrogens with zero attached hydrogens (tertiary/aromatic N) is 1. The van der Waals surface area contributed by atoms with Crippen molar-refractivity contribution in [1.82, 2.24) is 0 Å². The first-order valence-electron chi connectivity index (χ1n) is 6.10. The molecular weight excluding hydrogens is 242 g/mol. The van der Waals surface area contributed by atoms with Crippen LogP contribution in [0.15, 0.2) is 30.3 Å². The smallest absolute Gasteiger partial charge is 0.415 e. The monoisotopic (exact) mass is 257 g/mol. The third-order valence-corrected chi connectivity index (χ3v) is 2.73. The van der Waals surface area contributed by atoms with Crippen molar-refractivity contribution in [3.05, 3.63) is 35.9 Å². The fourth-order valence-corrected chi connectivity index (χ4v) is 1.95. The molecule has 0 aliphatic carbocycles. The third kappa shape index (κ3) is 2.78. The molecule has 0 radical (unpaired) electrons. The zero-order valence-electron chi connectivity index (χ0n) is 10.7. The highest BCUT2D eigenvalue weighted by Crippen LogP contribution is 2.29. The Morgan fingerprint density at radius 3 is 3.00 bits per heavy atom. The normalized spacial score (nSPS) is 16.3. The van der Waals surface area contributed by atoms with Crippen LogP contribution in [-0.2, 0) is 4.74 Å². The molecule has 1 aromatic carbocycles. The molecule has 4 nitrogen and oxygen atoms in total. The van der Waals surface area contributed by atoms with E-state index in [1.807, 2.05) is 36.4 Å². The number of ether oxygens (including phenoxy) is 1. The summed E-state index contributed by atoms with van der Waals surface area (Å²) in [4.78, 5) is 13.6. The van der Waals surface area contributed by atoms with Gasteiger partial charge >= 0.3 is 6.09 Å². The number of carbonyl (C=O) groups is 1. The zero-order chi connectivity index (χ0) is 13.7. The van der Waals surface area contributed by atoms with E-state index in [0.29, 0.717) is 6.61 Å². The predicted molar refractivity (Wildman–Crippen MR) is 73.6 cm³/mol. The van der Waals surface area contributed by atoms with Crippen molar-refractivity contribution in [2.24, 2.45) is 0 Å². The summed E-state index contributed by atoms with van der Waals surface area (Å²) < 4.78 is 5.07. The number of amides is 1. The highest BCUT2D eigenvalue weighted by molar-refractivity contribution is 5.94. The van der Waals surface area contributed by atoms with Gasteiger partial charge in [0.15, 0.2) is 0 Å². The van der Waals surface area contributed by atoms with Crippen LogP contribution in [0, 0.1) is 11.8 Å². The highest BCUT2D eigenvalue weighted by atomic mass is 16.6. The molecule has 2 rings (SSSR count). The van der Waals surface area contributed by atoms with Crippen molar-refractivity contribution in [3.8, 4) is 11.8 Å². The Morgan fingerprint density at radius 2 is 2.26 bits per heavy atom. The second-order valence-electron chi connectivity index (χ2n) is 3.91. The molecule has 1 aliphatic heterocycles. The number of anilines is 1. The Hall–Kier alpha value is -2.25. The summed E-state index contributed by atoms with van der Waals surface area (Å²) in [6.07, 6.45) is 3.31. The molecule has 19 heavy (non-hydrogen) atoms. The average molecular weight is 257 g/mol. The van der Waals surface area contributed by atoms with Crippen molar-refractivity contribution >= 4 is 17.9 Å². The van der Waals surface area contributed by atoms with E-state index in [4.69, 9.17) is 9.84 Å². The van der Waals surface area contributed by atoms with Gasteiger partial charge in [-0.15, -0.1) is 0 Å². The second kappa shape index (κ2) is 6.07. The molecule has 1 unspecified atom stereocenters. The number of fused-ring (bicyclic) bond motifs is 1. The number of benzene rings is 1. The fraction of sp³-hybridized carbons (Fsp3) is 0.267. The lowest BCUT2D eigenvalue weighted by Gasteiger charge is -2.30. The van der Waals surface area contributed by atoms with Gasteiger partial charge in [0.25, 0.3) is 0 Å². The summed E-state index contributed by atoms with van der Waals surface area (Å²) in [5.74, 6) is 5.42. The number of aliphatic hydroxyl groups excluding tert-OH is 1. The van der Waals surface area contributed by atoms with Gasteiger partial charge in [-0.1, -0.05) is 36.1 Å². The standard InChI is InChI=1S/C15H15NO3/c1-2-19-15(18)16-13(7-5-11-17)10-9-12-6-3-4-8-14(12)16/h3-4,6,8-10,13,17H,2,11H2,1H3. The Labute approximate surface area is 112 Å². The molecule has 0 aromatic heterocycles. The number of para-hydroxylation sites is 1. The van der Waals surface area contributed by atoms with Gasteiger partial charge in [0.05, 0.1) is 12.3 Å². The maximum Gasteiger partial charge on any atom is 0.415 e. The molecule has 0 saturated carbocycles. The van der Waals surface area contributed by atoms with Crippen molar-refractivity contribution < 1.29 is 14.6 Å². The van der Waals surface area contributed by atoms with E-state index in [-0.39, 0.29) is 6.61 Å². The van der Waals surface area contributed by atoms with Crippen molar-refractivity contribution in [2.45, 2.75) is 13.0 Å². The molecule has 1 aromatic rings. The molecule has 4 heteroatoms. The molecule has 1 amide bonds. The molecule has 0 fully saturated rings. The second-order valence-corrected chi connectivity index (χ2v) is 3.91. The lowest BCUT2D eigenvalue weighted by atomic mass is 10.0. The van der Waals surface area contributed by atoms with Gasteiger partial charge in [0, 0.05) is 0 Å². The summed E-state index contributed by atoms with van der Waals surface area (Å²) in [6.45, 7) is 1.84. The summed E-state index contributed by atoms with van der Waals surface area (Å²) in [6, 6.07) is 7.13. The Balaban J connectivity index is 2.40. The zero-order valence-corrected chi connectivity index (χ0v) is 10.7. The Kier molecular flexibility index (Phi) is 4.22. The minimum atomic E-state index is -0.434. The Morgan fingerprint density at radius 1 is 1.47 bits per heavy atom. The largest absolute Gasteiger partial charge is 0.449 e. The topological polar surface area (TPSA) is 49.8 Å². The number of hydrogen-bond acceptors (Lipinski definition) is 3. The maximum absolute atomic E-state index is 12.1. The van der Waals surface area contributed by atoms with Crippen LogP contribution >= 0.6 is 0 Å². The number of aliphatic hydroxyl groups is 1. The van der Waals surface area contributed by atoms with Crippen LogP contribution in [0.2, 0.25) is 0 Å². The van der Waals surface area contributed by atoms with Gasteiger partial charge in [-0.2, -0.15) is 0 Å². The number of carbonyl (C=O) groups excluding carboxylic acids is 1. The minimum Gasteiger partial charge on any atom is -0.449 e. The van der Waals surface area contributed by atoms with E-state index in [2.05, 4.69) is 11.8 Å². The van der Waals surface area contributed by atoms with E-state index in [1.165, 1.54) is 4.90 Å². The summed E-state index contributed by atoms with van der Waals surface area (Å²) in [5.41, 5.74) is 1.71. The van der Waals surface area contributed by atoms with Gasteiger partial charge in [-0.05, 0) is 24.6 Å². The van der Waals surface area contributed by atoms with Crippen LogP contribution < -0.4 is 4.90 Å². The quantitative estimate of drug-likeness (QED) is 0.783. The maximum atomic E-state index is 12.1. The van der Waals surface area contributed by atoms with Crippen LogP contribution in [-0.4, -0.2) is 30.5 Å². The first kappa shape index (κ1) is 13.2. The van der Waals surface area contributed by atoms with Crippen molar-refractivity contribution in [2.75, 3.05) is 18.1 Å². The summed E-state index contributed by atoms with van der Waals surface area (Å²) >= 11 is 0. The first-order valence-corrected chi connectivity index (χ1v) is 6.10. The molecular formula is C15H15NO3. The van der Waals surface area contributed by atoms with Gasteiger partial charge in [0.1, 0.15) is 12.6 Å². The lowest BCUT2D eigenvalue weighted by Crippen LogP contribution is -2.41. The SMILES string of the molecule is CCOC(=O)N1c2ccccc2C=CC1C#CCO. The van der Waals surface area contributed by atoms with E-state index >= 15 is 0 Å².